The average molecular weight is 477 g/mol. The van der Waals surface area contributed by atoms with E-state index in [-0.39, 0.29) is 30.9 Å². The van der Waals surface area contributed by atoms with Gasteiger partial charge in [-0.3, -0.25) is 19.7 Å². The molecular formula is C23H29ClN4O5. The number of carboxylic acids is 1. The Morgan fingerprint density at radius 2 is 2.00 bits per heavy atom. The molecule has 1 aliphatic carbocycles. The third-order valence-corrected chi connectivity index (χ3v) is 6.59. The summed E-state index contributed by atoms with van der Waals surface area (Å²) in [5.41, 5.74) is 1.65. The van der Waals surface area contributed by atoms with Crippen molar-refractivity contribution in [2.24, 2.45) is 4.99 Å². The summed E-state index contributed by atoms with van der Waals surface area (Å²) in [7, 11) is 0. The molecule has 2 aliphatic heterocycles. The quantitative estimate of drug-likeness (QED) is 0.530. The van der Waals surface area contributed by atoms with Crippen LogP contribution in [-0.4, -0.2) is 64.4 Å². The molecule has 10 heteroatoms. The van der Waals surface area contributed by atoms with E-state index in [9.17, 15) is 19.5 Å². The molecule has 33 heavy (non-hydrogen) atoms. The second-order valence-electron chi connectivity index (χ2n) is 8.76. The molecule has 2 fully saturated rings. The van der Waals surface area contributed by atoms with Crippen molar-refractivity contribution in [1.82, 2.24) is 15.1 Å². The Bertz CT molecular complexity index is 960. The number of carbonyl (C=O) groups excluding carboxylic acids is 2. The van der Waals surface area contributed by atoms with Crippen LogP contribution in [0.15, 0.2) is 17.1 Å². The number of hydrogen-bond donors (Lipinski definition) is 2. The van der Waals surface area contributed by atoms with Crippen LogP contribution in [0.2, 0.25) is 5.02 Å². The zero-order valence-corrected chi connectivity index (χ0v) is 19.3. The molecule has 1 aromatic rings. The fraction of sp³-hybridized carbons (Fsp3) is 0.565. The maximum absolute atomic E-state index is 12.7. The van der Waals surface area contributed by atoms with Gasteiger partial charge in [0, 0.05) is 25.1 Å². The normalized spacial score (nSPS) is 17.7. The molecule has 1 saturated heterocycles. The highest BCUT2D eigenvalue weighted by Crippen LogP contribution is 2.36. The zero-order chi connectivity index (χ0) is 23.4. The number of fused-ring (bicyclic) bond motifs is 2. The highest BCUT2D eigenvalue weighted by molar-refractivity contribution is 6.32. The molecule has 2 N–H and O–H groups in total. The minimum atomic E-state index is -0.969. The highest BCUT2D eigenvalue weighted by Gasteiger charge is 2.30. The van der Waals surface area contributed by atoms with Crippen LogP contribution >= 0.6 is 11.6 Å². The lowest BCUT2D eigenvalue weighted by molar-refractivity contribution is -0.146. The van der Waals surface area contributed by atoms with Gasteiger partial charge in [-0.05, 0) is 37.3 Å². The van der Waals surface area contributed by atoms with E-state index in [4.69, 9.17) is 16.3 Å². The summed E-state index contributed by atoms with van der Waals surface area (Å²) in [6.45, 7) is 0.999. The van der Waals surface area contributed by atoms with Gasteiger partial charge in [-0.2, -0.15) is 0 Å². The summed E-state index contributed by atoms with van der Waals surface area (Å²) in [6, 6.07) is 3.62. The molecule has 0 aromatic heterocycles. The number of ether oxygens (including phenoxy) is 1. The maximum Gasteiger partial charge on any atom is 0.323 e. The maximum atomic E-state index is 12.7. The smallest absolute Gasteiger partial charge is 0.323 e. The molecule has 4 rings (SSSR count). The fourth-order valence-electron chi connectivity index (χ4n) is 4.63. The van der Waals surface area contributed by atoms with Crippen LogP contribution in [0.5, 0.6) is 5.75 Å². The minimum absolute atomic E-state index is 0.0371. The Hall–Kier alpha value is -2.81. The summed E-state index contributed by atoms with van der Waals surface area (Å²) < 4.78 is 5.84. The summed E-state index contributed by atoms with van der Waals surface area (Å²) in [6.07, 6.45) is 6.53. The van der Waals surface area contributed by atoms with E-state index in [0.717, 1.165) is 43.4 Å². The van der Waals surface area contributed by atoms with Crippen molar-refractivity contribution in [3.05, 3.63) is 22.7 Å². The molecule has 0 bridgehead atoms. The van der Waals surface area contributed by atoms with Crippen LogP contribution in [-0.2, 0) is 20.9 Å². The Labute approximate surface area is 197 Å². The van der Waals surface area contributed by atoms with Gasteiger partial charge < -0.3 is 19.6 Å². The number of guanidine groups is 1. The number of amides is 2. The standard InChI is InChI=1S/C23H29ClN4O5/c24-17-10-15-12-27-13-20(29)26-23(27)25-18(15)11-19(17)33-9-5-4-8-21(30)28(14-22(31)32)16-6-2-1-3-7-16/h10-11,16H,1-9,12-14H2,(H,31,32)(H,25,26,29). The van der Waals surface area contributed by atoms with Gasteiger partial charge in [0.2, 0.25) is 17.8 Å². The highest BCUT2D eigenvalue weighted by atomic mass is 35.5. The van der Waals surface area contributed by atoms with Gasteiger partial charge in [-0.1, -0.05) is 30.9 Å². The van der Waals surface area contributed by atoms with Crippen molar-refractivity contribution >= 4 is 41.0 Å². The SMILES string of the molecule is O=C(O)CN(C(=O)CCCCOc1cc2c(cc1Cl)CN1CC(=O)NC1=N2)C1CCCCC1. The molecule has 0 radical (unpaired) electrons. The van der Waals surface area contributed by atoms with Gasteiger partial charge in [0.25, 0.3) is 0 Å². The van der Waals surface area contributed by atoms with Crippen molar-refractivity contribution in [3.8, 4) is 5.75 Å². The van der Waals surface area contributed by atoms with E-state index in [1.807, 2.05) is 11.0 Å². The van der Waals surface area contributed by atoms with E-state index < -0.39 is 5.97 Å². The van der Waals surface area contributed by atoms with E-state index >= 15 is 0 Å². The Morgan fingerprint density at radius 3 is 2.76 bits per heavy atom. The Balaban J connectivity index is 1.27. The van der Waals surface area contributed by atoms with Crippen LogP contribution in [0, 0.1) is 0 Å². The van der Waals surface area contributed by atoms with Crippen molar-refractivity contribution in [2.45, 2.75) is 64.0 Å². The molecule has 0 spiro atoms. The van der Waals surface area contributed by atoms with Gasteiger partial charge in [0.1, 0.15) is 18.8 Å². The average Bonchev–Trinajstić information content (AvgIpc) is 3.15. The van der Waals surface area contributed by atoms with Gasteiger partial charge in [0.15, 0.2) is 0 Å². The van der Waals surface area contributed by atoms with E-state index in [0.29, 0.717) is 49.1 Å². The summed E-state index contributed by atoms with van der Waals surface area (Å²) >= 11 is 6.38. The number of nitrogens with one attached hydrogen (secondary N) is 1. The van der Waals surface area contributed by atoms with E-state index in [1.54, 1.807) is 11.0 Å². The Kier molecular flexibility index (Phi) is 7.37. The second kappa shape index (κ2) is 10.4. The molecule has 1 aromatic carbocycles. The fourth-order valence-corrected chi connectivity index (χ4v) is 4.87. The lowest BCUT2D eigenvalue weighted by Crippen LogP contribution is -2.44. The first kappa shape index (κ1) is 23.4. The van der Waals surface area contributed by atoms with Crippen molar-refractivity contribution < 1.29 is 24.2 Å². The molecule has 1 saturated carbocycles. The second-order valence-corrected chi connectivity index (χ2v) is 9.17. The lowest BCUT2D eigenvalue weighted by atomic mass is 9.94. The number of rotatable bonds is 9. The van der Waals surface area contributed by atoms with Gasteiger partial charge in [0.05, 0.1) is 17.3 Å². The van der Waals surface area contributed by atoms with Crippen molar-refractivity contribution in [3.63, 3.8) is 0 Å². The molecule has 2 amide bonds. The molecule has 0 unspecified atom stereocenters. The number of hydrogen-bond acceptors (Lipinski definition) is 6. The molecule has 2 heterocycles. The van der Waals surface area contributed by atoms with Crippen molar-refractivity contribution in [2.75, 3.05) is 19.7 Å². The lowest BCUT2D eigenvalue weighted by Gasteiger charge is -2.33. The van der Waals surface area contributed by atoms with Gasteiger partial charge >= 0.3 is 5.97 Å². The third-order valence-electron chi connectivity index (χ3n) is 6.29. The summed E-state index contributed by atoms with van der Waals surface area (Å²) in [5, 5.41) is 12.4. The minimum Gasteiger partial charge on any atom is -0.492 e. The number of benzene rings is 1. The van der Waals surface area contributed by atoms with E-state index in [1.165, 1.54) is 0 Å². The number of unbranched alkanes of at least 4 members (excludes halogenated alkanes) is 1. The molecular weight excluding hydrogens is 448 g/mol. The molecule has 9 nitrogen and oxygen atoms in total. The number of halogens is 1. The first-order valence-electron chi connectivity index (χ1n) is 11.5. The third kappa shape index (κ3) is 5.76. The number of aliphatic carboxylic acids is 1. The monoisotopic (exact) mass is 476 g/mol. The number of carbonyl (C=O) groups is 3. The largest absolute Gasteiger partial charge is 0.492 e. The first-order chi connectivity index (χ1) is 15.9. The van der Waals surface area contributed by atoms with Crippen LogP contribution in [0.3, 0.4) is 0 Å². The van der Waals surface area contributed by atoms with Crippen LogP contribution in [0.1, 0.15) is 56.9 Å². The number of aliphatic imine (C=N–C) groups is 1. The van der Waals surface area contributed by atoms with Crippen LogP contribution < -0.4 is 10.1 Å². The van der Waals surface area contributed by atoms with Crippen LogP contribution in [0.4, 0.5) is 5.69 Å². The summed E-state index contributed by atoms with van der Waals surface area (Å²) in [4.78, 5) is 43.4. The topological polar surface area (TPSA) is 112 Å². The first-order valence-corrected chi connectivity index (χ1v) is 11.9. The number of carboxylic acid groups (broad SMARTS) is 1. The van der Waals surface area contributed by atoms with E-state index in [2.05, 4.69) is 10.3 Å². The van der Waals surface area contributed by atoms with Crippen LogP contribution in [0.25, 0.3) is 0 Å². The van der Waals surface area contributed by atoms with Gasteiger partial charge in [-0.25, -0.2) is 4.99 Å². The molecule has 3 aliphatic rings. The van der Waals surface area contributed by atoms with Crippen molar-refractivity contribution in [1.29, 1.82) is 0 Å². The Morgan fingerprint density at radius 1 is 1.21 bits per heavy atom. The predicted octanol–water partition coefficient (Wildman–Crippen LogP) is 3.07. The summed E-state index contributed by atoms with van der Waals surface area (Å²) in [5.74, 6) is -0.0934. The van der Waals surface area contributed by atoms with Gasteiger partial charge in [-0.15, -0.1) is 0 Å². The molecule has 178 valence electrons. The number of nitrogens with zero attached hydrogens (tertiary/aromatic N) is 3. The zero-order valence-electron chi connectivity index (χ0n) is 18.5. The molecule has 0 atom stereocenters. The predicted molar refractivity (Wildman–Crippen MR) is 123 cm³/mol.